The van der Waals surface area contributed by atoms with Gasteiger partial charge in [0, 0.05) is 13.1 Å². The standard InChI is InChI=1S/C5H8F3NO/c6-5(7,8)3-9-1-4(10)2-9/h4,10H,1-3H2. The summed E-state index contributed by atoms with van der Waals surface area (Å²) in [7, 11) is 0. The van der Waals surface area contributed by atoms with Crippen LogP contribution in [0.1, 0.15) is 0 Å². The first-order valence-corrected chi connectivity index (χ1v) is 2.94. The third-order valence-electron chi connectivity index (χ3n) is 1.34. The fourth-order valence-corrected chi connectivity index (χ4v) is 0.925. The molecule has 1 fully saturated rings. The minimum atomic E-state index is -4.12. The van der Waals surface area contributed by atoms with Gasteiger partial charge in [-0.25, -0.2) is 0 Å². The molecule has 0 unspecified atom stereocenters. The number of rotatable bonds is 1. The lowest BCUT2D eigenvalue weighted by molar-refractivity contribution is -0.164. The van der Waals surface area contributed by atoms with Crippen molar-refractivity contribution in [2.24, 2.45) is 0 Å². The summed E-state index contributed by atoms with van der Waals surface area (Å²) in [5.41, 5.74) is 0. The van der Waals surface area contributed by atoms with Crippen LogP contribution in [0.5, 0.6) is 0 Å². The molecule has 0 saturated carbocycles. The second-order valence-corrected chi connectivity index (χ2v) is 2.46. The van der Waals surface area contributed by atoms with Crippen LogP contribution >= 0.6 is 0 Å². The molecule has 0 atom stereocenters. The summed E-state index contributed by atoms with van der Waals surface area (Å²) in [5.74, 6) is 0. The summed E-state index contributed by atoms with van der Waals surface area (Å²) in [5, 5.41) is 8.61. The van der Waals surface area contributed by atoms with Crippen LogP contribution in [0.2, 0.25) is 0 Å². The molecule has 0 bridgehead atoms. The number of nitrogens with zero attached hydrogens (tertiary/aromatic N) is 1. The number of halogens is 3. The third kappa shape index (κ3) is 2.15. The molecule has 0 spiro atoms. The SMILES string of the molecule is OC1CN(CC(F)(F)F)C1. The number of alkyl halides is 3. The molecule has 1 rings (SSSR count). The molecule has 0 aromatic carbocycles. The highest BCUT2D eigenvalue weighted by molar-refractivity contribution is 4.80. The summed E-state index contributed by atoms with van der Waals surface area (Å²) in [6.45, 7) is -0.594. The largest absolute Gasteiger partial charge is 0.401 e. The van der Waals surface area contributed by atoms with Crippen LogP contribution in [-0.4, -0.2) is 41.9 Å². The Kier molecular flexibility index (Phi) is 1.87. The number of likely N-dealkylation sites (tertiary alicyclic amines) is 1. The van der Waals surface area contributed by atoms with E-state index >= 15 is 0 Å². The molecule has 0 radical (unpaired) electrons. The predicted octanol–water partition coefficient (Wildman–Crippen LogP) is 0.225. The average Bonchev–Trinajstić information content (AvgIpc) is 1.57. The number of hydrogen-bond donors (Lipinski definition) is 1. The molecular formula is C5H8F3NO. The van der Waals surface area contributed by atoms with E-state index in [-0.39, 0.29) is 13.1 Å². The Bertz CT molecular complexity index is 119. The van der Waals surface area contributed by atoms with E-state index in [1.165, 1.54) is 0 Å². The summed E-state index contributed by atoms with van der Waals surface area (Å²) in [6.07, 6.45) is -4.68. The van der Waals surface area contributed by atoms with Gasteiger partial charge < -0.3 is 5.11 Å². The Morgan fingerprint density at radius 1 is 1.40 bits per heavy atom. The Morgan fingerprint density at radius 3 is 2.20 bits per heavy atom. The molecule has 0 aromatic rings. The lowest BCUT2D eigenvalue weighted by atomic mass is 10.2. The normalized spacial score (nSPS) is 22.8. The van der Waals surface area contributed by atoms with Crippen molar-refractivity contribution in [1.29, 1.82) is 0 Å². The van der Waals surface area contributed by atoms with Crippen LogP contribution in [0.15, 0.2) is 0 Å². The van der Waals surface area contributed by atoms with Gasteiger partial charge in [-0.15, -0.1) is 0 Å². The fraction of sp³-hybridized carbons (Fsp3) is 1.00. The molecule has 0 aromatic heterocycles. The van der Waals surface area contributed by atoms with E-state index in [1.54, 1.807) is 0 Å². The molecule has 1 aliphatic heterocycles. The maximum atomic E-state index is 11.5. The zero-order valence-corrected chi connectivity index (χ0v) is 5.23. The summed E-state index contributed by atoms with van der Waals surface area (Å²) < 4.78 is 34.6. The molecule has 0 amide bonds. The lowest BCUT2D eigenvalue weighted by Crippen LogP contribution is -2.53. The van der Waals surface area contributed by atoms with Gasteiger partial charge in [0.2, 0.25) is 0 Å². The highest BCUT2D eigenvalue weighted by Gasteiger charge is 2.36. The first-order valence-electron chi connectivity index (χ1n) is 2.94. The topological polar surface area (TPSA) is 23.5 Å². The molecule has 5 heteroatoms. The van der Waals surface area contributed by atoms with Crippen molar-refractivity contribution in [3.8, 4) is 0 Å². The van der Waals surface area contributed by atoms with Crippen molar-refractivity contribution >= 4 is 0 Å². The van der Waals surface area contributed by atoms with Gasteiger partial charge in [-0.05, 0) is 0 Å². The molecular weight excluding hydrogens is 147 g/mol. The maximum Gasteiger partial charge on any atom is 0.401 e. The van der Waals surface area contributed by atoms with Gasteiger partial charge in [-0.3, -0.25) is 4.90 Å². The number of β-amino-alcohol motifs (C(OH)–C–C–N with tert-alkyl or cyclic N) is 1. The van der Waals surface area contributed by atoms with Gasteiger partial charge in [0.1, 0.15) is 0 Å². The monoisotopic (exact) mass is 155 g/mol. The maximum absolute atomic E-state index is 11.5. The Hall–Kier alpha value is -0.290. The molecule has 10 heavy (non-hydrogen) atoms. The van der Waals surface area contributed by atoms with Gasteiger partial charge >= 0.3 is 6.18 Å². The predicted molar refractivity (Wildman–Crippen MR) is 28.5 cm³/mol. The molecule has 2 nitrogen and oxygen atoms in total. The van der Waals surface area contributed by atoms with Gasteiger partial charge in [0.15, 0.2) is 0 Å². The first kappa shape index (κ1) is 7.81. The van der Waals surface area contributed by atoms with Crippen molar-refractivity contribution in [1.82, 2.24) is 4.90 Å². The van der Waals surface area contributed by atoms with E-state index in [1.807, 2.05) is 0 Å². The Labute approximate surface area is 56.2 Å². The average molecular weight is 155 g/mol. The zero-order valence-electron chi connectivity index (χ0n) is 5.23. The van der Waals surface area contributed by atoms with Gasteiger partial charge in [0.05, 0.1) is 12.6 Å². The highest BCUT2D eigenvalue weighted by Crippen LogP contribution is 2.19. The van der Waals surface area contributed by atoms with Crippen LogP contribution in [-0.2, 0) is 0 Å². The van der Waals surface area contributed by atoms with E-state index in [9.17, 15) is 13.2 Å². The first-order chi connectivity index (χ1) is 4.47. The number of aliphatic hydroxyl groups is 1. The van der Waals surface area contributed by atoms with Crippen molar-refractivity contribution in [2.75, 3.05) is 19.6 Å². The summed E-state index contributed by atoms with van der Waals surface area (Å²) in [4.78, 5) is 1.16. The molecule has 1 saturated heterocycles. The summed E-state index contributed by atoms with van der Waals surface area (Å²) >= 11 is 0. The second-order valence-electron chi connectivity index (χ2n) is 2.46. The lowest BCUT2D eigenvalue weighted by Gasteiger charge is -2.35. The molecule has 0 aliphatic carbocycles. The van der Waals surface area contributed by atoms with Crippen molar-refractivity contribution in [3.05, 3.63) is 0 Å². The zero-order chi connectivity index (χ0) is 7.78. The number of aliphatic hydroxyl groups excluding tert-OH is 1. The van der Waals surface area contributed by atoms with E-state index in [0.29, 0.717) is 0 Å². The van der Waals surface area contributed by atoms with E-state index in [0.717, 1.165) is 4.90 Å². The van der Waals surface area contributed by atoms with Crippen molar-refractivity contribution in [2.45, 2.75) is 12.3 Å². The molecule has 60 valence electrons. The fourth-order valence-electron chi connectivity index (χ4n) is 0.925. The highest BCUT2D eigenvalue weighted by atomic mass is 19.4. The third-order valence-corrected chi connectivity index (χ3v) is 1.34. The van der Waals surface area contributed by atoms with E-state index < -0.39 is 18.8 Å². The van der Waals surface area contributed by atoms with Crippen LogP contribution in [0, 0.1) is 0 Å². The summed E-state index contributed by atoms with van der Waals surface area (Å²) in [6, 6.07) is 0. The quantitative estimate of drug-likeness (QED) is 0.585. The Balaban J connectivity index is 2.16. The second kappa shape index (κ2) is 2.39. The number of hydrogen-bond acceptors (Lipinski definition) is 2. The van der Waals surface area contributed by atoms with Gasteiger partial charge in [-0.1, -0.05) is 0 Å². The molecule has 1 heterocycles. The van der Waals surface area contributed by atoms with Gasteiger partial charge in [0.25, 0.3) is 0 Å². The van der Waals surface area contributed by atoms with Gasteiger partial charge in [-0.2, -0.15) is 13.2 Å². The van der Waals surface area contributed by atoms with Crippen molar-refractivity contribution < 1.29 is 18.3 Å². The molecule has 1 N–H and O–H groups in total. The minimum Gasteiger partial charge on any atom is -0.390 e. The minimum absolute atomic E-state index is 0.152. The smallest absolute Gasteiger partial charge is 0.390 e. The van der Waals surface area contributed by atoms with E-state index in [4.69, 9.17) is 5.11 Å². The van der Waals surface area contributed by atoms with Crippen LogP contribution in [0.4, 0.5) is 13.2 Å². The van der Waals surface area contributed by atoms with Crippen LogP contribution in [0.3, 0.4) is 0 Å². The van der Waals surface area contributed by atoms with Crippen molar-refractivity contribution in [3.63, 3.8) is 0 Å². The molecule has 1 aliphatic rings. The van der Waals surface area contributed by atoms with E-state index in [2.05, 4.69) is 0 Å². The Morgan fingerprint density at radius 2 is 1.90 bits per heavy atom. The van der Waals surface area contributed by atoms with Crippen LogP contribution < -0.4 is 0 Å². The van der Waals surface area contributed by atoms with Crippen LogP contribution in [0.25, 0.3) is 0 Å².